The Morgan fingerprint density at radius 3 is 2.26 bits per heavy atom. The van der Waals surface area contributed by atoms with Crippen molar-refractivity contribution < 1.29 is 24.2 Å². The summed E-state index contributed by atoms with van der Waals surface area (Å²) in [6.45, 7) is 6.02. The van der Waals surface area contributed by atoms with Gasteiger partial charge in [0.25, 0.3) is 11.7 Å². The Kier molecular flexibility index (Phi) is 9.04. The molecule has 1 N–H and O–H groups in total. The number of hydrogen-bond donors (Lipinski definition) is 1. The third-order valence-corrected chi connectivity index (χ3v) is 6.61. The van der Waals surface area contributed by atoms with Gasteiger partial charge in [-0.1, -0.05) is 48.9 Å². The molecule has 0 unspecified atom stereocenters. The van der Waals surface area contributed by atoms with Gasteiger partial charge in [-0.2, -0.15) is 0 Å². The molecule has 4 rings (SSSR count). The maximum atomic E-state index is 13.2. The normalized spacial score (nSPS) is 16.6. The second kappa shape index (κ2) is 12.6. The fraction of sp³-hybridized carbons (Fsp3) is 0.312. The minimum atomic E-state index is -0.706. The quantitative estimate of drug-likeness (QED) is 0.205. The number of carbonyl (C=O) groups excluding carboxylic acids is 2. The van der Waals surface area contributed by atoms with Crippen molar-refractivity contribution >= 4 is 17.4 Å². The van der Waals surface area contributed by atoms with Gasteiger partial charge in [-0.15, -0.1) is 0 Å². The number of nitrogens with zero attached hydrogens (tertiary/aromatic N) is 2. The predicted molar refractivity (Wildman–Crippen MR) is 152 cm³/mol. The number of amides is 1. The highest BCUT2D eigenvalue weighted by Gasteiger charge is 2.45. The van der Waals surface area contributed by atoms with E-state index in [4.69, 9.17) is 9.47 Å². The number of aryl methyl sites for hydroxylation is 1. The zero-order valence-electron chi connectivity index (χ0n) is 23.0. The van der Waals surface area contributed by atoms with Gasteiger partial charge in [0.1, 0.15) is 23.9 Å². The first kappa shape index (κ1) is 27.9. The molecule has 3 aromatic rings. The van der Waals surface area contributed by atoms with E-state index >= 15 is 0 Å². The Morgan fingerprint density at radius 2 is 1.62 bits per heavy atom. The van der Waals surface area contributed by atoms with Crippen LogP contribution in [0.3, 0.4) is 0 Å². The molecule has 1 aliphatic rings. The molecule has 1 amide bonds. The highest BCUT2D eigenvalue weighted by atomic mass is 16.5. The number of ketones is 1. The molecule has 7 heteroatoms. The zero-order chi connectivity index (χ0) is 27.9. The standard InChI is InChI=1S/C32H36N2O5/c1-5-19-38-26-13-9-24(10-14-26)29-28(31(36)32(37)34(29)18-17-33(3)4)30(35)25-11-15-27(16-12-25)39-21-23-8-6-7-22(2)20-23/h6-16,20,29,35H,5,17-19,21H2,1-4H3/b30-28+/t29-/m1/s1. The fourth-order valence-electron chi connectivity index (χ4n) is 4.56. The number of likely N-dealkylation sites (tertiary alicyclic amines) is 1. The van der Waals surface area contributed by atoms with Crippen molar-refractivity contribution in [3.63, 3.8) is 0 Å². The monoisotopic (exact) mass is 528 g/mol. The van der Waals surface area contributed by atoms with E-state index in [0.29, 0.717) is 43.4 Å². The van der Waals surface area contributed by atoms with Crippen LogP contribution in [-0.2, 0) is 16.2 Å². The lowest BCUT2D eigenvalue weighted by Crippen LogP contribution is -2.35. The van der Waals surface area contributed by atoms with E-state index < -0.39 is 17.7 Å². The van der Waals surface area contributed by atoms with Crippen LogP contribution in [0, 0.1) is 6.92 Å². The molecular formula is C32H36N2O5. The van der Waals surface area contributed by atoms with Crippen LogP contribution in [0.4, 0.5) is 0 Å². The molecule has 0 radical (unpaired) electrons. The molecule has 1 saturated heterocycles. The lowest BCUT2D eigenvalue weighted by atomic mass is 9.95. The van der Waals surface area contributed by atoms with E-state index in [2.05, 4.69) is 6.07 Å². The van der Waals surface area contributed by atoms with Crippen LogP contribution in [0.5, 0.6) is 11.5 Å². The molecule has 0 aromatic heterocycles. The van der Waals surface area contributed by atoms with E-state index in [9.17, 15) is 14.7 Å². The van der Waals surface area contributed by atoms with Crippen molar-refractivity contribution in [2.45, 2.75) is 32.9 Å². The Morgan fingerprint density at radius 1 is 0.949 bits per heavy atom. The number of aliphatic hydroxyl groups is 1. The number of likely N-dealkylation sites (N-methyl/N-ethyl adjacent to an activating group) is 1. The van der Waals surface area contributed by atoms with Crippen molar-refractivity contribution in [2.75, 3.05) is 33.8 Å². The topological polar surface area (TPSA) is 79.3 Å². The number of rotatable bonds is 11. The molecular weight excluding hydrogens is 492 g/mol. The molecule has 204 valence electrons. The van der Waals surface area contributed by atoms with Crippen LogP contribution in [0.2, 0.25) is 0 Å². The van der Waals surface area contributed by atoms with Crippen molar-refractivity contribution in [3.05, 3.63) is 101 Å². The largest absolute Gasteiger partial charge is 0.507 e. The Bertz CT molecular complexity index is 1330. The molecule has 3 aromatic carbocycles. The van der Waals surface area contributed by atoms with Gasteiger partial charge in [-0.05, 0) is 75.0 Å². The minimum Gasteiger partial charge on any atom is -0.507 e. The van der Waals surface area contributed by atoms with Gasteiger partial charge in [-0.3, -0.25) is 9.59 Å². The van der Waals surface area contributed by atoms with Gasteiger partial charge in [0.15, 0.2) is 0 Å². The number of ether oxygens (including phenoxy) is 2. The SMILES string of the molecule is CCCOc1ccc([C@@H]2/C(=C(\O)c3ccc(OCc4cccc(C)c4)cc3)C(=O)C(=O)N2CCN(C)C)cc1. The minimum absolute atomic E-state index is 0.0782. The first-order valence-electron chi connectivity index (χ1n) is 13.2. The second-order valence-electron chi connectivity index (χ2n) is 10.0. The van der Waals surface area contributed by atoms with Gasteiger partial charge in [0.05, 0.1) is 18.2 Å². The third kappa shape index (κ3) is 6.67. The Balaban J connectivity index is 1.63. The molecule has 0 bridgehead atoms. The van der Waals surface area contributed by atoms with Gasteiger partial charge in [0.2, 0.25) is 0 Å². The van der Waals surface area contributed by atoms with E-state index in [1.54, 1.807) is 24.3 Å². The average Bonchev–Trinajstić information content (AvgIpc) is 3.19. The average molecular weight is 529 g/mol. The first-order chi connectivity index (χ1) is 18.8. The summed E-state index contributed by atoms with van der Waals surface area (Å²) in [6, 6.07) is 21.7. The molecule has 1 fully saturated rings. The van der Waals surface area contributed by atoms with Crippen molar-refractivity contribution in [3.8, 4) is 11.5 Å². The molecule has 1 atom stereocenters. The maximum Gasteiger partial charge on any atom is 0.295 e. The van der Waals surface area contributed by atoms with E-state index in [0.717, 1.165) is 23.1 Å². The summed E-state index contributed by atoms with van der Waals surface area (Å²) in [5.41, 5.74) is 3.48. The molecule has 1 aliphatic heterocycles. The molecule has 1 heterocycles. The summed E-state index contributed by atoms with van der Waals surface area (Å²) >= 11 is 0. The van der Waals surface area contributed by atoms with Gasteiger partial charge >= 0.3 is 0 Å². The zero-order valence-corrected chi connectivity index (χ0v) is 23.0. The lowest BCUT2D eigenvalue weighted by Gasteiger charge is -2.26. The smallest absolute Gasteiger partial charge is 0.295 e. The first-order valence-corrected chi connectivity index (χ1v) is 13.2. The highest BCUT2D eigenvalue weighted by Crippen LogP contribution is 2.40. The summed E-state index contributed by atoms with van der Waals surface area (Å²) in [4.78, 5) is 29.9. The summed E-state index contributed by atoms with van der Waals surface area (Å²) < 4.78 is 11.6. The van der Waals surface area contributed by atoms with Crippen molar-refractivity contribution in [2.24, 2.45) is 0 Å². The third-order valence-electron chi connectivity index (χ3n) is 6.61. The van der Waals surface area contributed by atoms with Crippen molar-refractivity contribution in [1.82, 2.24) is 9.80 Å². The fourth-order valence-corrected chi connectivity index (χ4v) is 4.56. The highest BCUT2D eigenvalue weighted by molar-refractivity contribution is 6.46. The van der Waals surface area contributed by atoms with Gasteiger partial charge in [0, 0.05) is 18.7 Å². The van der Waals surface area contributed by atoms with E-state index in [1.807, 2.05) is 75.3 Å². The number of Topliss-reactive ketones (excluding diaryl/α,β-unsaturated/α-hetero) is 1. The van der Waals surface area contributed by atoms with Gasteiger partial charge in [-0.25, -0.2) is 0 Å². The van der Waals surface area contributed by atoms with E-state index in [1.165, 1.54) is 4.90 Å². The molecule has 0 spiro atoms. The number of benzene rings is 3. The second-order valence-corrected chi connectivity index (χ2v) is 10.0. The van der Waals surface area contributed by atoms with Crippen molar-refractivity contribution in [1.29, 1.82) is 0 Å². The molecule has 0 saturated carbocycles. The van der Waals surface area contributed by atoms with Crippen LogP contribution >= 0.6 is 0 Å². The molecule has 0 aliphatic carbocycles. The number of hydrogen-bond acceptors (Lipinski definition) is 6. The Hall–Kier alpha value is -4.10. The maximum absolute atomic E-state index is 13.2. The van der Waals surface area contributed by atoms with Crippen LogP contribution < -0.4 is 9.47 Å². The Labute approximate surface area is 230 Å². The van der Waals surface area contributed by atoms with Gasteiger partial charge < -0.3 is 24.4 Å². The summed E-state index contributed by atoms with van der Waals surface area (Å²) in [5, 5.41) is 11.3. The number of carbonyl (C=O) groups is 2. The van der Waals surface area contributed by atoms with Crippen LogP contribution in [0.1, 0.15) is 41.6 Å². The predicted octanol–water partition coefficient (Wildman–Crippen LogP) is 5.35. The summed E-state index contributed by atoms with van der Waals surface area (Å²) in [6.07, 6.45) is 0.891. The molecule has 7 nitrogen and oxygen atoms in total. The summed E-state index contributed by atoms with van der Waals surface area (Å²) in [5.74, 6) is -0.164. The van der Waals surface area contributed by atoms with Crippen LogP contribution in [0.25, 0.3) is 5.76 Å². The van der Waals surface area contributed by atoms with E-state index in [-0.39, 0.29) is 11.3 Å². The van der Waals surface area contributed by atoms with Crippen LogP contribution in [-0.4, -0.2) is 60.4 Å². The molecule has 39 heavy (non-hydrogen) atoms. The lowest BCUT2D eigenvalue weighted by molar-refractivity contribution is -0.140. The summed E-state index contributed by atoms with van der Waals surface area (Å²) in [7, 11) is 3.82. The number of aliphatic hydroxyl groups excluding tert-OH is 1. The van der Waals surface area contributed by atoms with Crippen LogP contribution in [0.15, 0.2) is 78.4 Å².